The van der Waals surface area contributed by atoms with Gasteiger partial charge in [-0.1, -0.05) is 36.0 Å². The van der Waals surface area contributed by atoms with Crippen molar-refractivity contribution in [3.8, 4) is 16.4 Å². The summed E-state index contributed by atoms with van der Waals surface area (Å²) in [5.41, 5.74) is 6.60. The number of nitrogens with two attached hydrogens (primary N) is 1. The number of thiophene rings is 1. The van der Waals surface area contributed by atoms with Crippen LogP contribution in [0, 0.1) is 6.92 Å². The summed E-state index contributed by atoms with van der Waals surface area (Å²) in [6.45, 7) is 1.66. The van der Waals surface area contributed by atoms with E-state index in [-0.39, 0.29) is 29.5 Å². The van der Waals surface area contributed by atoms with Gasteiger partial charge in [-0.2, -0.15) is 0 Å². The van der Waals surface area contributed by atoms with Crippen molar-refractivity contribution in [3.63, 3.8) is 0 Å². The van der Waals surface area contributed by atoms with Gasteiger partial charge in [0.1, 0.15) is 12.2 Å². The first-order chi connectivity index (χ1) is 15.9. The van der Waals surface area contributed by atoms with Crippen molar-refractivity contribution < 1.29 is 9.59 Å². The van der Waals surface area contributed by atoms with Gasteiger partial charge in [-0.15, -0.1) is 21.5 Å². The molecule has 0 saturated carbocycles. The molecule has 0 saturated heterocycles. The zero-order valence-corrected chi connectivity index (χ0v) is 19.5. The molecule has 3 heterocycles. The van der Waals surface area contributed by atoms with E-state index in [9.17, 15) is 14.4 Å². The summed E-state index contributed by atoms with van der Waals surface area (Å²) in [5, 5.41) is 13.3. The molecule has 12 heteroatoms. The number of hydrogen-bond acceptors (Lipinski definition) is 7. The second-order valence-corrected chi connectivity index (χ2v) is 9.00. The van der Waals surface area contributed by atoms with Gasteiger partial charge in [0.05, 0.1) is 22.0 Å². The second kappa shape index (κ2) is 9.46. The van der Waals surface area contributed by atoms with Gasteiger partial charge in [0, 0.05) is 7.05 Å². The lowest BCUT2D eigenvalue weighted by Crippen LogP contribution is -2.24. The van der Waals surface area contributed by atoms with Gasteiger partial charge in [-0.05, 0) is 30.5 Å². The van der Waals surface area contributed by atoms with Crippen LogP contribution in [0.5, 0.6) is 0 Å². The third-order valence-electron chi connectivity index (χ3n) is 4.92. The molecule has 0 bridgehead atoms. The Hall–Kier alpha value is -3.64. The van der Waals surface area contributed by atoms with Crippen molar-refractivity contribution in [3.05, 3.63) is 63.9 Å². The standard InChI is InChI=1S/C21H21N7O3S2/c1-13-18(20(31)28(26(13)2)14-7-4-3-5-8-14)23-17(30)12-33-21-25-24-19(15-9-6-10-32-15)27(21)11-16(22)29/h3-10H,11-12H2,1-2H3,(H2,22,29)(H,23,30). The minimum Gasteiger partial charge on any atom is -0.368 e. The van der Waals surface area contributed by atoms with Gasteiger partial charge < -0.3 is 11.1 Å². The van der Waals surface area contributed by atoms with Gasteiger partial charge in [-0.3, -0.25) is 23.6 Å². The van der Waals surface area contributed by atoms with E-state index in [1.807, 2.05) is 47.8 Å². The molecule has 0 aliphatic carbocycles. The summed E-state index contributed by atoms with van der Waals surface area (Å²) < 4.78 is 4.77. The number of carbonyl (C=O) groups excluding carboxylic acids is 2. The van der Waals surface area contributed by atoms with Crippen LogP contribution in [-0.2, 0) is 23.2 Å². The van der Waals surface area contributed by atoms with Crippen LogP contribution < -0.4 is 16.6 Å². The Balaban J connectivity index is 1.52. The summed E-state index contributed by atoms with van der Waals surface area (Å²) in [7, 11) is 1.76. The van der Waals surface area contributed by atoms with Crippen LogP contribution in [0.2, 0.25) is 0 Å². The number of aromatic nitrogens is 5. The molecule has 0 radical (unpaired) electrons. The smallest absolute Gasteiger partial charge is 0.295 e. The molecule has 3 N–H and O–H groups in total. The number of amides is 2. The SMILES string of the molecule is Cc1c(NC(=O)CSc2nnc(-c3cccs3)n2CC(N)=O)c(=O)n(-c2ccccc2)n1C. The van der Waals surface area contributed by atoms with Crippen LogP contribution in [0.4, 0.5) is 5.69 Å². The predicted molar refractivity (Wildman–Crippen MR) is 128 cm³/mol. The number of para-hydroxylation sites is 1. The fourth-order valence-electron chi connectivity index (χ4n) is 3.30. The summed E-state index contributed by atoms with van der Waals surface area (Å²) in [6, 6.07) is 12.9. The van der Waals surface area contributed by atoms with Gasteiger partial charge in [0.15, 0.2) is 11.0 Å². The molecule has 0 aliphatic rings. The number of primary amides is 1. The molecule has 4 aromatic rings. The highest BCUT2D eigenvalue weighted by Crippen LogP contribution is 2.27. The van der Waals surface area contributed by atoms with Crippen LogP contribution in [0.1, 0.15) is 5.69 Å². The van der Waals surface area contributed by atoms with E-state index in [1.165, 1.54) is 16.0 Å². The van der Waals surface area contributed by atoms with Crippen LogP contribution in [0.25, 0.3) is 16.4 Å². The van der Waals surface area contributed by atoms with Crippen LogP contribution in [-0.4, -0.2) is 41.7 Å². The first-order valence-corrected chi connectivity index (χ1v) is 11.8. The Bertz CT molecular complexity index is 1350. The van der Waals surface area contributed by atoms with Crippen LogP contribution in [0.15, 0.2) is 57.8 Å². The molecule has 0 atom stereocenters. The van der Waals surface area contributed by atoms with E-state index in [0.29, 0.717) is 22.4 Å². The molecule has 3 aromatic heterocycles. The highest BCUT2D eigenvalue weighted by molar-refractivity contribution is 7.99. The zero-order chi connectivity index (χ0) is 23.5. The third kappa shape index (κ3) is 4.61. The molecule has 33 heavy (non-hydrogen) atoms. The summed E-state index contributed by atoms with van der Waals surface area (Å²) in [4.78, 5) is 38.1. The van der Waals surface area contributed by atoms with Crippen molar-refractivity contribution in [2.75, 3.05) is 11.1 Å². The average molecular weight is 484 g/mol. The molecule has 0 unspecified atom stereocenters. The number of hydrogen-bond donors (Lipinski definition) is 2. The summed E-state index contributed by atoms with van der Waals surface area (Å²) in [6.07, 6.45) is 0. The highest BCUT2D eigenvalue weighted by atomic mass is 32.2. The molecule has 170 valence electrons. The van der Waals surface area contributed by atoms with E-state index in [2.05, 4.69) is 15.5 Å². The maximum atomic E-state index is 13.0. The Labute approximate surface area is 197 Å². The molecular weight excluding hydrogens is 462 g/mol. The average Bonchev–Trinajstić information content (AvgIpc) is 3.50. The molecule has 2 amide bonds. The van der Waals surface area contributed by atoms with Crippen molar-refractivity contribution in [1.29, 1.82) is 0 Å². The lowest BCUT2D eigenvalue weighted by Gasteiger charge is -2.07. The van der Waals surface area contributed by atoms with Gasteiger partial charge in [0.2, 0.25) is 11.8 Å². The molecule has 10 nitrogen and oxygen atoms in total. The van der Waals surface area contributed by atoms with Crippen molar-refractivity contribution in [2.45, 2.75) is 18.6 Å². The minimum atomic E-state index is -0.541. The Morgan fingerprint density at radius 1 is 1.15 bits per heavy atom. The Morgan fingerprint density at radius 3 is 2.58 bits per heavy atom. The Kier molecular flexibility index (Phi) is 6.47. The molecular formula is C21H21N7O3S2. The number of benzene rings is 1. The number of nitrogens with zero attached hydrogens (tertiary/aromatic N) is 5. The van der Waals surface area contributed by atoms with E-state index >= 15 is 0 Å². The van der Waals surface area contributed by atoms with Crippen molar-refractivity contribution in [2.24, 2.45) is 12.8 Å². The second-order valence-electron chi connectivity index (χ2n) is 7.11. The van der Waals surface area contributed by atoms with E-state index < -0.39 is 5.91 Å². The van der Waals surface area contributed by atoms with E-state index in [1.54, 1.807) is 23.2 Å². The van der Waals surface area contributed by atoms with E-state index in [0.717, 1.165) is 16.6 Å². The lowest BCUT2D eigenvalue weighted by atomic mass is 10.3. The van der Waals surface area contributed by atoms with Crippen LogP contribution >= 0.6 is 23.1 Å². The summed E-state index contributed by atoms with van der Waals surface area (Å²) in [5.74, 6) is -0.436. The first kappa shape index (κ1) is 22.6. The quantitative estimate of drug-likeness (QED) is 0.369. The molecule has 1 aromatic carbocycles. The maximum Gasteiger partial charge on any atom is 0.295 e. The lowest BCUT2D eigenvalue weighted by molar-refractivity contribution is -0.118. The zero-order valence-electron chi connectivity index (χ0n) is 17.9. The monoisotopic (exact) mass is 483 g/mol. The molecule has 4 rings (SSSR count). The van der Waals surface area contributed by atoms with Crippen molar-refractivity contribution >= 4 is 40.6 Å². The van der Waals surface area contributed by atoms with Gasteiger partial charge in [0.25, 0.3) is 5.56 Å². The number of thioether (sulfide) groups is 1. The van der Waals surface area contributed by atoms with Gasteiger partial charge >= 0.3 is 0 Å². The highest BCUT2D eigenvalue weighted by Gasteiger charge is 2.20. The topological polar surface area (TPSA) is 130 Å². The predicted octanol–water partition coefficient (Wildman–Crippen LogP) is 2.02. The Morgan fingerprint density at radius 2 is 1.91 bits per heavy atom. The van der Waals surface area contributed by atoms with Crippen LogP contribution in [0.3, 0.4) is 0 Å². The largest absolute Gasteiger partial charge is 0.368 e. The molecule has 0 fully saturated rings. The normalized spacial score (nSPS) is 11.0. The van der Waals surface area contributed by atoms with Crippen molar-refractivity contribution in [1.82, 2.24) is 24.1 Å². The molecule has 0 spiro atoms. The third-order valence-corrected chi connectivity index (χ3v) is 6.76. The van der Waals surface area contributed by atoms with Gasteiger partial charge in [-0.25, -0.2) is 4.68 Å². The number of anilines is 1. The minimum absolute atomic E-state index is 0.0273. The number of carbonyl (C=O) groups is 2. The number of rotatable bonds is 8. The number of nitrogens with one attached hydrogen (secondary N) is 1. The first-order valence-electron chi connectivity index (χ1n) is 9.89. The van der Waals surface area contributed by atoms with E-state index in [4.69, 9.17) is 5.73 Å². The molecule has 0 aliphatic heterocycles. The summed E-state index contributed by atoms with van der Waals surface area (Å²) >= 11 is 2.57. The fraction of sp³-hybridized carbons (Fsp3) is 0.190. The fourth-order valence-corrected chi connectivity index (χ4v) is 4.75. The maximum absolute atomic E-state index is 13.0.